The minimum absolute atomic E-state index is 0.0710. The largest absolute Gasteiger partial charge is 0.300 e. The molecule has 1 aliphatic heterocycles. The molecular weight excluding hydrogens is 226 g/mol. The van der Waals surface area contributed by atoms with Gasteiger partial charge in [0.15, 0.2) is 9.84 Å². The third kappa shape index (κ3) is 1.26. The Morgan fingerprint density at radius 1 is 1.38 bits per heavy atom. The second-order valence-corrected chi connectivity index (χ2v) is 8.11. The number of rotatable bonds is 1. The lowest BCUT2D eigenvalue weighted by atomic mass is 9.57. The summed E-state index contributed by atoms with van der Waals surface area (Å²) in [6, 6.07) is 2.20. The van der Waals surface area contributed by atoms with Gasteiger partial charge in [-0.05, 0) is 26.2 Å². The van der Waals surface area contributed by atoms with Crippen molar-refractivity contribution in [3.8, 4) is 6.07 Å². The summed E-state index contributed by atoms with van der Waals surface area (Å²) in [6.07, 6.45) is 0.969. The first-order valence-electron chi connectivity index (χ1n) is 5.40. The van der Waals surface area contributed by atoms with Crippen molar-refractivity contribution in [2.45, 2.75) is 37.9 Å². The predicted molar refractivity (Wildman–Crippen MR) is 58.3 cm³/mol. The Bertz CT molecular complexity index is 476. The molecule has 1 saturated heterocycles. The maximum Gasteiger partial charge on any atom is 0.155 e. The highest BCUT2D eigenvalue weighted by atomic mass is 32.2. The standard InChI is InChI=1S/C11H15NO3S/c1-10(2)9(3-4-16(10,14)15)11(7-12)5-8(13)6-11/h9H,3-6H2,1-2H3. The lowest BCUT2D eigenvalue weighted by Gasteiger charge is -2.43. The van der Waals surface area contributed by atoms with Crippen molar-refractivity contribution in [3.05, 3.63) is 0 Å². The van der Waals surface area contributed by atoms with Gasteiger partial charge < -0.3 is 0 Å². The molecule has 0 amide bonds. The molecule has 5 heteroatoms. The minimum Gasteiger partial charge on any atom is -0.300 e. The van der Waals surface area contributed by atoms with Crippen molar-refractivity contribution in [1.29, 1.82) is 5.26 Å². The second kappa shape index (κ2) is 3.07. The van der Waals surface area contributed by atoms with Gasteiger partial charge in [-0.15, -0.1) is 0 Å². The van der Waals surface area contributed by atoms with E-state index < -0.39 is 20.0 Å². The molecule has 0 aromatic heterocycles. The van der Waals surface area contributed by atoms with Gasteiger partial charge in [-0.2, -0.15) is 5.26 Å². The number of carbonyl (C=O) groups is 1. The van der Waals surface area contributed by atoms with Crippen LogP contribution in [0.5, 0.6) is 0 Å². The Kier molecular flexibility index (Phi) is 2.22. The summed E-state index contributed by atoms with van der Waals surface area (Å²) < 4.78 is 22.9. The van der Waals surface area contributed by atoms with E-state index in [0.29, 0.717) is 6.42 Å². The van der Waals surface area contributed by atoms with Gasteiger partial charge in [0.2, 0.25) is 0 Å². The van der Waals surface area contributed by atoms with Crippen LogP contribution in [-0.4, -0.2) is 24.7 Å². The Morgan fingerprint density at radius 3 is 2.25 bits per heavy atom. The maximum atomic E-state index is 11.9. The van der Waals surface area contributed by atoms with Crippen molar-refractivity contribution in [1.82, 2.24) is 0 Å². The van der Waals surface area contributed by atoms with E-state index in [1.54, 1.807) is 13.8 Å². The van der Waals surface area contributed by atoms with Crippen molar-refractivity contribution in [3.63, 3.8) is 0 Å². The van der Waals surface area contributed by atoms with Crippen molar-refractivity contribution >= 4 is 15.6 Å². The monoisotopic (exact) mass is 241 g/mol. The van der Waals surface area contributed by atoms with Gasteiger partial charge in [0, 0.05) is 12.8 Å². The molecule has 88 valence electrons. The Hall–Kier alpha value is -0.890. The second-order valence-electron chi connectivity index (χ2n) is 5.42. The van der Waals surface area contributed by atoms with Gasteiger partial charge in [-0.3, -0.25) is 4.79 Å². The predicted octanol–water partition coefficient (Wildman–Crippen LogP) is 1.07. The quantitative estimate of drug-likeness (QED) is 0.688. The van der Waals surface area contributed by atoms with Gasteiger partial charge in [0.1, 0.15) is 5.78 Å². The summed E-state index contributed by atoms with van der Waals surface area (Å²) in [5, 5.41) is 9.22. The first-order valence-corrected chi connectivity index (χ1v) is 7.06. The average molecular weight is 241 g/mol. The topological polar surface area (TPSA) is 75.0 Å². The van der Waals surface area contributed by atoms with Crippen molar-refractivity contribution < 1.29 is 13.2 Å². The summed E-state index contributed by atoms with van der Waals surface area (Å²) in [7, 11) is -3.12. The molecule has 1 aliphatic carbocycles. The zero-order chi connectivity index (χ0) is 12.2. The van der Waals surface area contributed by atoms with Crippen LogP contribution in [0.2, 0.25) is 0 Å². The number of sulfone groups is 1. The molecule has 0 aromatic carbocycles. The van der Waals surface area contributed by atoms with Gasteiger partial charge in [-0.1, -0.05) is 0 Å². The SMILES string of the molecule is CC1(C)C(C2(C#N)CC(=O)C2)CCS1(=O)=O. The zero-order valence-electron chi connectivity index (χ0n) is 9.49. The van der Waals surface area contributed by atoms with Crippen LogP contribution in [0.25, 0.3) is 0 Å². The fourth-order valence-electron chi connectivity index (χ4n) is 3.10. The molecule has 0 aromatic rings. The first-order chi connectivity index (χ1) is 7.25. The van der Waals surface area contributed by atoms with Crippen molar-refractivity contribution in [2.24, 2.45) is 11.3 Å². The fraction of sp³-hybridized carbons (Fsp3) is 0.818. The summed E-state index contributed by atoms with van der Waals surface area (Å²) in [5.74, 6) is 0.0109. The number of ketones is 1. The van der Waals surface area contributed by atoms with Crippen LogP contribution in [0.3, 0.4) is 0 Å². The van der Waals surface area contributed by atoms with Crippen LogP contribution in [0.15, 0.2) is 0 Å². The van der Waals surface area contributed by atoms with E-state index in [9.17, 15) is 18.5 Å². The van der Waals surface area contributed by atoms with Crippen LogP contribution < -0.4 is 0 Å². The molecular formula is C11H15NO3S. The normalized spacial score (nSPS) is 34.1. The van der Waals surface area contributed by atoms with Crippen LogP contribution in [-0.2, 0) is 14.6 Å². The molecule has 0 N–H and O–H groups in total. The van der Waals surface area contributed by atoms with E-state index in [1.807, 2.05) is 0 Å². The van der Waals surface area contributed by atoms with E-state index >= 15 is 0 Å². The molecule has 2 rings (SSSR count). The minimum atomic E-state index is -3.12. The van der Waals surface area contributed by atoms with E-state index in [-0.39, 0.29) is 30.3 Å². The molecule has 1 heterocycles. The van der Waals surface area contributed by atoms with Gasteiger partial charge >= 0.3 is 0 Å². The van der Waals surface area contributed by atoms with Gasteiger partial charge in [0.05, 0.1) is 22.0 Å². The maximum absolute atomic E-state index is 11.9. The number of hydrogen-bond donors (Lipinski definition) is 0. The highest BCUT2D eigenvalue weighted by Crippen LogP contribution is 2.55. The van der Waals surface area contributed by atoms with E-state index in [4.69, 9.17) is 0 Å². The molecule has 1 saturated carbocycles. The lowest BCUT2D eigenvalue weighted by molar-refractivity contribution is -0.132. The first kappa shape index (κ1) is 11.6. The highest BCUT2D eigenvalue weighted by molar-refractivity contribution is 7.93. The van der Waals surface area contributed by atoms with Crippen molar-refractivity contribution in [2.75, 3.05) is 5.75 Å². The number of Topliss-reactive ketones (excluding diaryl/α,β-unsaturated/α-hetero) is 1. The van der Waals surface area contributed by atoms with E-state index in [1.165, 1.54) is 0 Å². The lowest BCUT2D eigenvalue weighted by Crippen LogP contribution is -2.50. The molecule has 1 atom stereocenters. The summed E-state index contributed by atoms with van der Waals surface area (Å²) in [4.78, 5) is 11.1. The Labute approximate surface area is 95.6 Å². The number of nitriles is 1. The van der Waals surface area contributed by atoms with Gasteiger partial charge in [0.25, 0.3) is 0 Å². The molecule has 2 fully saturated rings. The van der Waals surface area contributed by atoms with Crippen LogP contribution in [0.1, 0.15) is 33.1 Å². The Morgan fingerprint density at radius 2 is 1.94 bits per heavy atom. The fourth-order valence-corrected chi connectivity index (χ4v) is 4.95. The third-order valence-electron chi connectivity index (χ3n) is 4.23. The number of nitrogens with zero attached hydrogens (tertiary/aromatic N) is 1. The highest BCUT2D eigenvalue weighted by Gasteiger charge is 2.61. The summed E-state index contributed by atoms with van der Waals surface area (Å²) in [5.41, 5.74) is -0.718. The van der Waals surface area contributed by atoms with Gasteiger partial charge in [-0.25, -0.2) is 8.42 Å². The Balaban J connectivity index is 2.38. The van der Waals surface area contributed by atoms with Crippen LogP contribution in [0.4, 0.5) is 0 Å². The molecule has 0 radical (unpaired) electrons. The summed E-state index contributed by atoms with van der Waals surface area (Å²) in [6.45, 7) is 3.36. The average Bonchev–Trinajstić information content (AvgIpc) is 2.33. The van der Waals surface area contributed by atoms with E-state index in [2.05, 4.69) is 6.07 Å². The number of carbonyl (C=O) groups excluding carboxylic acids is 1. The van der Waals surface area contributed by atoms with E-state index in [0.717, 1.165) is 0 Å². The molecule has 4 nitrogen and oxygen atoms in total. The molecule has 2 aliphatic rings. The third-order valence-corrected chi connectivity index (χ3v) is 6.89. The molecule has 1 unspecified atom stereocenters. The number of hydrogen-bond acceptors (Lipinski definition) is 4. The molecule has 0 spiro atoms. The smallest absolute Gasteiger partial charge is 0.155 e. The van der Waals surface area contributed by atoms with Crippen LogP contribution in [0, 0.1) is 22.7 Å². The molecule has 0 bridgehead atoms. The molecule has 16 heavy (non-hydrogen) atoms. The van der Waals surface area contributed by atoms with Crippen LogP contribution >= 0.6 is 0 Å². The zero-order valence-corrected chi connectivity index (χ0v) is 10.3. The summed E-state index contributed by atoms with van der Waals surface area (Å²) >= 11 is 0.